The Morgan fingerprint density at radius 3 is 2.00 bits per heavy atom. The summed E-state index contributed by atoms with van der Waals surface area (Å²) < 4.78 is 2.18. The molecule has 0 saturated heterocycles. The number of amides is 1. The van der Waals surface area contributed by atoms with Crippen molar-refractivity contribution in [1.29, 1.82) is 0 Å². The van der Waals surface area contributed by atoms with Crippen LogP contribution in [-0.2, 0) is 17.8 Å². The standard InChI is InChI=1S/C37H40Cl2N4O/c1-22(2)19-32(37(44)40-21-27-11-15-29(38)16-12-27)43-34(28-13-17-30(39)18-14-28)31(20-26-9-7-24(5)8-10-26)33-25(6)41-35(23(3)4)42-36(33)43/h7-18,22-23,32H,19-21H2,1-6H3,(H,40,44). The smallest absolute Gasteiger partial charge is 0.243 e. The largest absolute Gasteiger partial charge is 0.350 e. The average molecular weight is 628 g/mol. The minimum absolute atomic E-state index is 0.0509. The number of fused-ring (bicyclic) bond motifs is 1. The van der Waals surface area contributed by atoms with Gasteiger partial charge in [-0.25, -0.2) is 9.97 Å². The molecule has 0 radical (unpaired) electrons. The maximum atomic E-state index is 14.3. The number of aromatic nitrogens is 3. The summed E-state index contributed by atoms with van der Waals surface area (Å²) in [6, 6.07) is 23.6. The van der Waals surface area contributed by atoms with Crippen molar-refractivity contribution in [2.45, 2.75) is 72.9 Å². The van der Waals surface area contributed by atoms with Crippen molar-refractivity contribution in [2.75, 3.05) is 0 Å². The molecule has 0 spiro atoms. The molecule has 0 saturated carbocycles. The Bertz CT molecular complexity index is 1760. The van der Waals surface area contributed by atoms with Crippen LogP contribution in [0, 0.1) is 19.8 Å². The fraction of sp³-hybridized carbons (Fsp3) is 0.324. The van der Waals surface area contributed by atoms with Crippen molar-refractivity contribution in [3.8, 4) is 11.3 Å². The number of aryl methyl sites for hydroxylation is 2. The second-order valence-corrected chi connectivity index (χ2v) is 13.2. The lowest BCUT2D eigenvalue weighted by atomic mass is 9.97. The summed E-state index contributed by atoms with van der Waals surface area (Å²) >= 11 is 12.5. The van der Waals surface area contributed by atoms with Gasteiger partial charge in [-0.3, -0.25) is 4.79 Å². The van der Waals surface area contributed by atoms with Gasteiger partial charge in [-0.2, -0.15) is 0 Å². The van der Waals surface area contributed by atoms with Gasteiger partial charge in [-0.05, 0) is 72.7 Å². The van der Waals surface area contributed by atoms with Crippen molar-refractivity contribution in [1.82, 2.24) is 19.9 Å². The second-order valence-electron chi connectivity index (χ2n) is 12.4. The maximum absolute atomic E-state index is 14.3. The molecule has 7 heteroatoms. The van der Waals surface area contributed by atoms with Crippen LogP contribution in [0.15, 0.2) is 72.8 Å². The molecule has 44 heavy (non-hydrogen) atoms. The molecule has 1 atom stereocenters. The first-order valence-corrected chi connectivity index (χ1v) is 16.0. The third kappa shape index (κ3) is 7.00. The summed E-state index contributed by atoms with van der Waals surface area (Å²) in [7, 11) is 0. The van der Waals surface area contributed by atoms with Gasteiger partial charge in [0.25, 0.3) is 0 Å². The number of halogens is 2. The molecule has 0 aliphatic carbocycles. The second kappa shape index (κ2) is 13.5. The Labute approximate surface area is 270 Å². The molecule has 0 aliphatic rings. The fourth-order valence-electron chi connectivity index (χ4n) is 5.73. The van der Waals surface area contributed by atoms with E-state index in [1.807, 2.05) is 48.5 Å². The van der Waals surface area contributed by atoms with E-state index in [1.54, 1.807) is 0 Å². The van der Waals surface area contributed by atoms with E-state index in [2.05, 4.69) is 75.7 Å². The van der Waals surface area contributed by atoms with Gasteiger partial charge in [0, 0.05) is 34.3 Å². The van der Waals surface area contributed by atoms with Gasteiger partial charge >= 0.3 is 0 Å². The molecule has 3 aromatic carbocycles. The summed E-state index contributed by atoms with van der Waals surface area (Å²) in [6.07, 6.45) is 1.31. The highest BCUT2D eigenvalue weighted by molar-refractivity contribution is 6.30. The lowest BCUT2D eigenvalue weighted by Gasteiger charge is -2.24. The number of nitrogens with zero attached hydrogens (tertiary/aromatic N) is 3. The van der Waals surface area contributed by atoms with Gasteiger partial charge in [0.1, 0.15) is 17.5 Å². The van der Waals surface area contributed by atoms with Gasteiger partial charge < -0.3 is 9.88 Å². The number of hydrogen-bond acceptors (Lipinski definition) is 3. The Kier molecular flexibility index (Phi) is 9.77. The molecular weight excluding hydrogens is 587 g/mol. The molecule has 5 rings (SSSR count). The van der Waals surface area contributed by atoms with Gasteiger partial charge in [-0.15, -0.1) is 0 Å². The third-order valence-corrected chi connectivity index (χ3v) is 8.47. The molecule has 0 aliphatic heterocycles. The summed E-state index contributed by atoms with van der Waals surface area (Å²) in [5, 5.41) is 5.55. The van der Waals surface area contributed by atoms with E-state index in [-0.39, 0.29) is 17.7 Å². The summed E-state index contributed by atoms with van der Waals surface area (Å²) in [6.45, 7) is 13.1. The first-order valence-electron chi connectivity index (χ1n) is 15.3. The van der Waals surface area contributed by atoms with Crippen LogP contribution in [-0.4, -0.2) is 20.4 Å². The van der Waals surface area contributed by atoms with Crippen LogP contribution >= 0.6 is 23.2 Å². The molecule has 5 aromatic rings. The molecule has 228 valence electrons. The van der Waals surface area contributed by atoms with Crippen molar-refractivity contribution < 1.29 is 4.79 Å². The highest BCUT2D eigenvalue weighted by Gasteiger charge is 2.31. The van der Waals surface area contributed by atoms with Gasteiger partial charge in [0.15, 0.2) is 0 Å². The zero-order valence-corrected chi connectivity index (χ0v) is 27.8. The van der Waals surface area contributed by atoms with Crippen molar-refractivity contribution in [3.05, 3.63) is 117 Å². The van der Waals surface area contributed by atoms with Crippen molar-refractivity contribution in [2.24, 2.45) is 5.92 Å². The number of rotatable bonds is 10. The Morgan fingerprint density at radius 1 is 0.818 bits per heavy atom. The topological polar surface area (TPSA) is 59.8 Å². The fourth-order valence-corrected chi connectivity index (χ4v) is 5.98. The lowest BCUT2D eigenvalue weighted by Crippen LogP contribution is -2.33. The molecule has 1 amide bonds. The number of benzene rings is 3. The highest BCUT2D eigenvalue weighted by Crippen LogP contribution is 2.40. The molecular formula is C37H40Cl2N4O. The zero-order valence-electron chi connectivity index (χ0n) is 26.3. The Balaban J connectivity index is 1.76. The zero-order chi connectivity index (χ0) is 31.5. The SMILES string of the molecule is Cc1ccc(Cc2c(-c3ccc(Cl)cc3)n(C(CC(C)C)C(=O)NCc3ccc(Cl)cc3)c3nc(C(C)C)nc(C)c23)cc1. The minimum atomic E-state index is -0.503. The van der Waals surface area contributed by atoms with Crippen LogP contribution in [0.3, 0.4) is 0 Å². The monoisotopic (exact) mass is 626 g/mol. The van der Waals surface area contributed by atoms with Crippen molar-refractivity contribution >= 4 is 40.1 Å². The highest BCUT2D eigenvalue weighted by atomic mass is 35.5. The van der Waals surface area contributed by atoms with E-state index in [4.69, 9.17) is 33.2 Å². The maximum Gasteiger partial charge on any atom is 0.243 e. The molecule has 0 fully saturated rings. The van der Waals surface area contributed by atoms with E-state index in [9.17, 15) is 4.79 Å². The molecule has 0 bridgehead atoms. The molecule has 1 unspecified atom stereocenters. The quantitative estimate of drug-likeness (QED) is 0.168. The molecule has 2 aromatic heterocycles. The van der Waals surface area contributed by atoms with Gasteiger partial charge in [0.2, 0.25) is 5.91 Å². The van der Waals surface area contributed by atoms with Gasteiger partial charge in [0.05, 0.1) is 11.4 Å². The van der Waals surface area contributed by atoms with E-state index in [0.717, 1.165) is 44.9 Å². The molecule has 5 nitrogen and oxygen atoms in total. The number of nitrogens with one attached hydrogen (secondary N) is 1. The predicted molar refractivity (Wildman–Crippen MR) is 183 cm³/mol. The minimum Gasteiger partial charge on any atom is -0.350 e. The third-order valence-electron chi connectivity index (χ3n) is 7.97. The average Bonchev–Trinajstić information content (AvgIpc) is 3.30. The van der Waals surface area contributed by atoms with Crippen LogP contribution in [0.2, 0.25) is 10.0 Å². The van der Waals surface area contributed by atoms with E-state index in [0.29, 0.717) is 29.4 Å². The van der Waals surface area contributed by atoms with Crippen LogP contribution in [0.1, 0.15) is 79.8 Å². The number of carbonyl (C=O) groups is 1. The summed E-state index contributed by atoms with van der Waals surface area (Å²) in [4.78, 5) is 24.4. The number of carbonyl (C=O) groups excluding carboxylic acids is 1. The Morgan fingerprint density at radius 2 is 1.41 bits per heavy atom. The van der Waals surface area contributed by atoms with E-state index >= 15 is 0 Å². The molecule has 2 heterocycles. The van der Waals surface area contributed by atoms with Gasteiger partial charge in [-0.1, -0.05) is 105 Å². The lowest BCUT2D eigenvalue weighted by molar-refractivity contribution is -0.124. The normalized spacial score (nSPS) is 12.3. The van der Waals surface area contributed by atoms with Crippen LogP contribution in [0.4, 0.5) is 0 Å². The van der Waals surface area contributed by atoms with Crippen molar-refractivity contribution in [3.63, 3.8) is 0 Å². The predicted octanol–water partition coefficient (Wildman–Crippen LogP) is 9.64. The number of hydrogen-bond donors (Lipinski definition) is 1. The summed E-state index contributed by atoms with van der Waals surface area (Å²) in [5.41, 5.74) is 8.16. The first kappa shape index (κ1) is 31.7. The Hall–Kier alpha value is -3.67. The summed E-state index contributed by atoms with van der Waals surface area (Å²) in [5.74, 6) is 1.10. The van der Waals surface area contributed by atoms with E-state index < -0.39 is 6.04 Å². The van der Waals surface area contributed by atoms with Crippen LogP contribution in [0.5, 0.6) is 0 Å². The van der Waals surface area contributed by atoms with E-state index in [1.165, 1.54) is 11.1 Å². The van der Waals surface area contributed by atoms with Crippen LogP contribution in [0.25, 0.3) is 22.3 Å². The molecule has 1 N–H and O–H groups in total. The first-order chi connectivity index (χ1) is 21.0. The van der Waals surface area contributed by atoms with Crippen LogP contribution < -0.4 is 5.32 Å².